The second kappa shape index (κ2) is 5.89. The molecule has 0 aliphatic rings. The fourth-order valence-corrected chi connectivity index (χ4v) is 1.62. The van der Waals surface area contributed by atoms with Crippen molar-refractivity contribution >= 4 is 0 Å². The van der Waals surface area contributed by atoms with Crippen molar-refractivity contribution in [1.82, 2.24) is 15.0 Å². The quantitative estimate of drug-likeness (QED) is 0.549. The molecule has 0 radical (unpaired) electrons. The zero-order valence-corrected chi connectivity index (χ0v) is 10.2. The van der Waals surface area contributed by atoms with Crippen molar-refractivity contribution in [2.24, 2.45) is 5.73 Å². The smallest absolute Gasteiger partial charge is 0.128 e. The van der Waals surface area contributed by atoms with Gasteiger partial charge in [-0.15, -0.1) is 0 Å². The van der Waals surface area contributed by atoms with Crippen LogP contribution in [0.1, 0.15) is 11.8 Å². The van der Waals surface area contributed by atoms with Gasteiger partial charge in [0.1, 0.15) is 17.9 Å². The van der Waals surface area contributed by atoms with Gasteiger partial charge in [0.05, 0.1) is 18.0 Å². The Morgan fingerprint density at radius 1 is 1.16 bits per heavy atom. The van der Waals surface area contributed by atoms with Crippen LogP contribution in [0, 0.1) is 0 Å². The van der Waals surface area contributed by atoms with Crippen molar-refractivity contribution < 1.29 is 15.3 Å². The van der Waals surface area contributed by atoms with E-state index in [2.05, 4.69) is 10.2 Å². The molecule has 0 unspecified atom stereocenters. The Balaban J connectivity index is 2.17. The van der Waals surface area contributed by atoms with Crippen molar-refractivity contribution in [2.75, 3.05) is 6.54 Å². The normalized spacial score (nSPS) is 16.0. The van der Waals surface area contributed by atoms with Crippen LogP contribution < -0.4 is 5.73 Å². The molecule has 7 heteroatoms. The van der Waals surface area contributed by atoms with E-state index >= 15 is 0 Å². The van der Waals surface area contributed by atoms with Gasteiger partial charge in [-0.05, 0) is 12.1 Å². The second-order valence-corrected chi connectivity index (χ2v) is 4.13. The summed E-state index contributed by atoms with van der Waals surface area (Å²) < 4.78 is 0. The molecule has 102 valence electrons. The van der Waals surface area contributed by atoms with Crippen LogP contribution in [0.2, 0.25) is 0 Å². The molecule has 1 heterocycles. The lowest BCUT2D eigenvalue weighted by atomic mass is 10.1. The molecular weight excluding hydrogens is 248 g/mol. The van der Waals surface area contributed by atoms with Crippen LogP contribution in [0.15, 0.2) is 36.5 Å². The monoisotopic (exact) mass is 264 g/mol. The number of rotatable bonds is 5. The van der Waals surface area contributed by atoms with Gasteiger partial charge in [-0.25, -0.2) is 0 Å². The standard InChI is InChI=1S/C12H16N4O3/c13-6-10(17)12(19)11(18)9-7-14-16(15-9)8-4-2-1-3-5-8/h1-5,7,10-12,17-19H,6,13H2/t10-,11+,12+/m0/s1. The molecule has 7 nitrogen and oxygen atoms in total. The Labute approximate surface area is 109 Å². The second-order valence-electron chi connectivity index (χ2n) is 4.13. The third kappa shape index (κ3) is 2.96. The van der Waals surface area contributed by atoms with E-state index in [9.17, 15) is 15.3 Å². The molecule has 2 aromatic rings. The van der Waals surface area contributed by atoms with E-state index in [0.717, 1.165) is 5.69 Å². The van der Waals surface area contributed by atoms with Gasteiger partial charge in [0, 0.05) is 6.54 Å². The number of benzene rings is 1. The van der Waals surface area contributed by atoms with E-state index in [1.165, 1.54) is 11.0 Å². The molecule has 19 heavy (non-hydrogen) atoms. The maximum Gasteiger partial charge on any atom is 0.128 e. The van der Waals surface area contributed by atoms with Crippen LogP contribution >= 0.6 is 0 Å². The number of hydrogen-bond acceptors (Lipinski definition) is 6. The topological polar surface area (TPSA) is 117 Å². The number of nitrogens with two attached hydrogens (primary N) is 1. The zero-order valence-electron chi connectivity index (χ0n) is 10.2. The average Bonchev–Trinajstić information content (AvgIpc) is 2.95. The van der Waals surface area contributed by atoms with E-state index in [-0.39, 0.29) is 12.2 Å². The highest BCUT2D eigenvalue weighted by atomic mass is 16.4. The van der Waals surface area contributed by atoms with Crippen LogP contribution in [-0.2, 0) is 0 Å². The van der Waals surface area contributed by atoms with Crippen LogP contribution in [0.5, 0.6) is 0 Å². The lowest BCUT2D eigenvalue weighted by molar-refractivity contribution is -0.0582. The summed E-state index contributed by atoms with van der Waals surface area (Å²) in [6.45, 7) is -0.148. The molecule has 0 spiro atoms. The molecule has 1 aromatic carbocycles. The van der Waals surface area contributed by atoms with Gasteiger partial charge in [-0.2, -0.15) is 15.0 Å². The molecule has 0 saturated heterocycles. The minimum Gasteiger partial charge on any atom is -0.389 e. The van der Waals surface area contributed by atoms with E-state index in [1.807, 2.05) is 18.2 Å². The van der Waals surface area contributed by atoms with Crippen molar-refractivity contribution in [3.63, 3.8) is 0 Å². The fourth-order valence-electron chi connectivity index (χ4n) is 1.62. The Kier molecular flexibility index (Phi) is 4.23. The molecule has 0 bridgehead atoms. The predicted molar refractivity (Wildman–Crippen MR) is 67.4 cm³/mol. The Bertz CT molecular complexity index is 517. The highest BCUT2D eigenvalue weighted by Gasteiger charge is 2.27. The van der Waals surface area contributed by atoms with Crippen molar-refractivity contribution in [3.05, 3.63) is 42.2 Å². The van der Waals surface area contributed by atoms with Gasteiger partial charge in [0.25, 0.3) is 0 Å². The maximum absolute atomic E-state index is 9.87. The minimum atomic E-state index is -1.40. The first kappa shape index (κ1) is 13.6. The van der Waals surface area contributed by atoms with Gasteiger partial charge >= 0.3 is 0 Å². The molecule has 3 atom stereocenters. The van der Waals surface area contributed by atoms with Gasteiger partial charge in [-0.3, -0.25) is 0 Å². The lowest BCUT2D eigenvalue weighted by Crippen LogP contribution is -2.37. The Hall–Kier alpha value is -1.80. The summed E-state index contributed by atoms with van der Waals surface area (Å²) in [7, 11) is 0. The number of para-hydroxylation sites is 1. The SMILES string of the molecule is NC[C@H](O)[C@@H](O)[C@H](O)c1cnn(-c2ccccc2)n1. The maximum atomic E-state index is 9.87. The summed E-state index contributed by atoms with van der Waals surface area (Å²) in [6.07, 6.45) is -2.61. The lowest BCUT2D eigenvalue weighted by Gasteiger charge is -2.19. The molecule has 0 amide bonds. The number of aliphatic hydroxyl groups excluding tert-OH is 3. The van der Waals surface area contributed by atoms with Crippen LogP contribution in [0.25, 0.3) is 5.69 Å². The van der Waals surface area contributed by atoms with Gasteiger partial charge in [0.15, 0.2) is 0 Å². The van der Waals surface area contributed by atoms with Gasteiger partial charge < -0.3 is 21.1 Å². The van der Waals surface area contributed by atoms with Crippen molar-refractivity contribution in [1.29, 1.82) is 0 Å². The summed E-state index contributed by atoms with van der Waals surface area (Å²) in [6, 6.07) is 9.15. The molecule has 5 N–H and O–H groups in total. The summed E-state index contributed by atoms with van der Waals surface area (Å²) >= 11 is 0. The van der Waals surface area contributed by atoms with Crippen molar-refractivity contribution in [2.45, 2.75) is 18.3 Å². The largest absolute Gasteiger partial charge is 0.389 e. The first-order valence-electron chi connectivity index (χ1n) is 5.85. The highest BCUT2D eigenvalue weighted by Crippen LogP contribution is 2.17. The third-order valence-electron chi connectivity index (χ3n) is 2.76. The Morgan fingerprint density at radius 2 is 1.84 bits per heavy atom. The van der Waals surface area contributed by atoms with E-state index in [4.69, 9.17) is 5.73 Å². The van der Waals surface area contributed by atoms with E-state index in [0.29, 0.717) is 0 Å². The molecule has 0 aliphatic carbocycles. The van der Waals surface area contributed by atoms with E-state index in [1.54, 1.807) is 12.1 Å². The first-order chi connectivity index (χ1) is 9.13. The molecular formula is C12H16N4O3. The van der Waals surface area contributed by atoms with E-state index < -0.39 is 18.3 Å². The van der Waals surface area contributed by atoms with Gasteiger partial charge in [-0.1, -0.05) is 18.2 Å². The zero-order chi connectivity index (χ0) is 13.8. The summed E-state index contributed by atoms with van der Waals surface area (Å²) in [5, 5.41) is 37.0. The summed E-state index contributed by atoms with van der Waals surface area (Å²) in [5.74, 6) is 0. The molecule has 0 fully saturated rings. The average molecular weight is 264 g/mol. The first-order valence-corrected chi connectivity index (χ1v) is 5.85. The Morgan fingerprint density at radius 3 is 2.47 bits per heavy atom. The van der Waals surface area contributed by atoms with Crippen LogP contribution in [0.3, 0.4) is 0 Å². The van der Waals surface area contributed by atoms with Crippen LogP contribution in [-0.4, -0.2) is 49.1 Å². The predicted octanol–water partition coefficient (Wildman–Crippen LogP) is -1.02. The molecule has 0 aliphatic heterocycles. The third-order valence-corrected chi connectivity index (χ3v) is 2.76. The van der Waals surface area contributed by atoms with Gasteiger partial charge in [0.2, 0.25) is 0 Å². The highest BCUT2D eigenvalue weighted by molar-refractivity contribution is 5.28. The molecule has 1 aromatic heterocycles. The fraction of sp³-hybridized carbons (Fsp3) is 0.333. The molecule has 0 saturated carbocycles. The number of aromatic nitrogens is 3. The van der Waals surface area contributed by atoms with Crippen molar-refractivity contribution in [3.8, 4) is 5.69 Å². The minimum absolute atomic E-state index is 0.148. The number of hydrogen-bond donors (Lipinski definition) is 4. The number of nitrogens with zero attached hydrogens (tertiary/aromatic N) is 3. The summed E-state index contributed by atoms with van der Waals surface area (Å²) in [5.41, 5.74) is 6.12. The summed E-state index contributed by atoms with van der Waals surface area (Å²) in [4.78, 5) is 1.33. The molecule has 2 rings (SSSR count). The number of aliphatic hydroxyl groups is 3. The van der Waals surface area contributed by atoms with Crippen LogP contribution in [0.4, 0.5) is 0 Å².